The van der Waals surface area contributed by atoms with E-state index in [1.54, 1.807) is 0 Å². The Kier molecular flexibility index (Phi) is 3.69. The van der Waals surface area contributed by atoms with Gasteiger partial charge in [-0.2, -0.15) is 5.10 Å². The third-order valence-electron chi connectivity index (χ3n) is 3.73. The average molecular weight is 280 g/mol. The average Bonchev–Trinajstić information content (AvgIpc) is 2.80. The molecule has 0 aliphatic heterocycles. The fourth-order valence-corrected chi connectivity index (χ4v) is 2.66. The second-order valence-corrected chi connectivity index (χ2v) is 5.37. The number of hydrogen-bond donors (Lipinski definition) is 0. The summed E-state index contributed by atoms with van der Waals surface area (Å²) in [6, 6.07) is 10.1. The summed E-state index contributed by atoms with van der Waals surface area (Å²) in [5, 5.41) is 5.62. The van der Waals surface area contributed by atoms with Gasteiger partial charge in [-0.3, -0.25) is 4.68 Å². The second-order valence-electron chi connectivity index (χ2n) is 5.37. The molecule has 3 rings (SSSR count). The lowest BCUT2D eigenvalue weighted by Gasteiger charge is -2.07. The molecule has 0 N–H and O–H groups in total. The molecule has 0 saturated carbocycles. The Hall–Kier alpha value is -2.23. The van der Waals surface area contributed by atoms with Crippen LogP contribution in [0.5, 0.6) is 0 Å². The molecule has 3 aromatic rings. The van der Waals surface area contributed by atoms with Crippen molar-refractivity contribution in [1.29, 1.82) is 0 Å². The lowest BCUT2D eigenvalue weighted by atomic mass is 10.1. The third-order valence-corrected chi connectivity index (χ3v) is 3.73. The molecule has 0 aliphatic carbocycles. The molecule has 0 bridgehead atoms. The van der Waals surface area contributed by atoms with Crippen molar-refractivity contribution in [1.82, 2.24) is 19.7 Å². The molecule has 0 spiro atoms. The van der Waals surface area contributed by atoms with E-state index in [0.29, 0.717) is 0 Å². The highest BCUT2D eigenvalue weighted by atomic mass is 15.3. The second kappa shape index (κ2) is 5.64. The first-order chi connectivity index (χ1) is 10.2. The highest BCUT2D eigenvalue weighted by Gasteiger charge is 2.15. The van der Waals surface area contributed by atoms with Crippen LogP contribution in [-0.2, 0) is 13.5 Å². The minimum Gasteiger partial charge on any atom is -0.250 e. The Morgan fingerprint density at radius 1 is 1.10 bits per heavy atom. The summed E-state index contributed by atoms with van der Waals surface area (Å²) in [5.74, 6) is 0.789. The summed E-state index contributed by atoms with van der Waals surface area (Å²) >= 11 is 0. The van der Waals surface area contributed by atoms with Crippen molar-refractivity contribution >= 4 is 11.0 Å². The van der Waals surface area contributed by atoms with Crippen molar-refractivity contribution in [2.75, 3.05) is 0 Å². The van der Waals surface area contributed by atoms with Gasteiger partial charge in [0.1, 0.15) is 0 Å². The van der Waals surface area contributed by atoms with Crippen LogP contribution in [0.25, 0.3) is 22.4 Å². The molecular formula is C17H20N4. The number of fused-ring (bicyclic) bond motifs is 1. The molecule has 2 aromatic heterocycles. The van der Waals surface area contributed by atoms with Gasteiger partial charge in [0.05, 0.1) is 16.8 Å². The first-order valence-corrected chi connectivity index (χ1v) is 7.46. The zero-order valence-corrected chi connectivity index (χ0v) is 12.8. The Balaban J connectivity index is 2.21. The highest BCUT2D eigenvalue weighted by Crippen LogP contribution is 2.24. The molecule has 0 fully saturated rings. The van der Waals surface area contributed by atoms with E-state index in [1.807, 2.05) is 49.0 Å². The van der Waals surface area contributed by atoms with Crippen LogP contribution in [0.4, 0.5) is 0 Å². The maximum absolute atomic E-state index is 4.82. The van der Waals surface area contributed by atoms with Crippen LogP contribution in [-0.4, -0.2) is 19.7 Å². The molecule has 2 heterocycles. The van der Waals surface area contributed by atoms with Gasteiger partial charge in [-0.15, -0.1) is 0 Å². The van der Waals surface area contributed by atoms with Crippen molar-refractivity contribution < 1.29 is 0 Å². The number of nitrogens with zero attached hydrogens (tertiary/aromatic N) is 4. The summed E-state index contributed by atoms with van der Waals surface area (Å²) in [5.41, 5.74) is 4.10. The van der Waals surface area contributed by atoms with Crippen molar-refractivity contribution in [3.63, 3.8) is 0 Å². The van der Waals surface area contributed by atoms with E-state index < -0.39 is 0 Å². The lowest BCUT2D eigenvalue weighted by Crippen LogP contribution is -2.00. The number of aromatic nitrogens is 4. The smallest absolute Gasteiger partial charge is 0.162 e. The molecule has 0 unspecified atom stereocenters. The van der Waals surface area contributed by atoms with E-state index in [9.17, 15) is 0 Å². The fourth-order valence-electron chi connectivity index (χ4n) is 2.66. The molecule has 4 heteroatoms. The summed E-state index contributed by atoms with van der Waals surface area (Å²) in [4.78, 5) is 9.54. The zero-order valence-electron chi connectivity index (χ0n) is 12.8. The van der Waals surface area contributed by atoms with Crippen molar-refractivity contribution in [2.24, 2.45) is 7.05 Å². The van der Waals surface area contributed by atoms with E-state index in [4.69, 9.17) is 9.97 Å². The zero-order chi connectivity index (χ0) is 14.8. The Bertz CT molecular complexity index is 759. The van der Waals surface area contributed by atoms with Crippen molar-refractivity contribution in [2.45, 2.75) is 33.1 Å². The predicted molar refractivity (Wildman–Crippen MR) is 85.1 cm³/mol. The minimum atomic E-state index is 0.789. The van der Waals surface area contributed by atoms with Gasteiger partial charge in [0.2, 0.25) is 0 Å². The highest BCUT2D eigenvalue weighted by molar-refractivity contribution is 5.82. The van der Waals surface area contributed by atoms with E-state index in [0.717, 1.165) is 53.1 Å². The molecule has 0 radical (unpaired) electrons. The fraction of sp³-hybridized carbons (Fsp3) is 0.353. The number of benzene rings is 1. The monoisotopic (exact) mass is 280 g/mol. The molecule has 0 saturated heterocycles. The first-order valence-electron chi connectivity index (χ1n) is 7.46. The number of aryl methyl sites for hydroxylation is 3. The molecule has 1 aromatic carbocycles. The van der Waals surface area contributed by atoms with Gasteiger partial charge >= 0.3 is 0 Å². The van der Waals surface area contributed by atoms with Gasteiger partial charge in [-0.1, -0.05) is 43.7 Å². The van der Waals surface area contributed by atoms with Gasteiger partial charge in [-0.05, 0) is 19.8 Å². The largest absolute Gasteiger partial charge is 0.250 e. The predicted octanol–water partition coefficient (Wildman–Crippen LogP) is 3.68. The quantitative estimate of drug-likeness (QED) is 0.732. The number of hydrogen-bond acceptors (Lipinski definition) is 3. The Morgan fingerprint density at radius 2 is 1.86 bits per heavy atom. The van der Waals surface area contributed by atoms with Crippen molar-refractivity contribution in [3.8, 4) is 11.4 Å². The molecule has 0 aliphatic rings. The van der Waals surface area contributed by atoms with E-state index in [-0.39, 0.29) is 0 Å². The van der Waals surface area contributed by atoms with E-state index in [2.05, 4.69) is 12.0 Å². The van der Waals surface area contributed by atoms with E-state index in [1.165, 1.54) is 0 Å². The van der Waals surface area contributed by atoms with Crippen LogP contribution >= 0.6 is 0 Å². The topological polar surface area (TPSA) is 43.6 Å². The molecule has 0 atom stereocenters. The summed E-state index contributed by atoms with van der Waals surface area (Å²) in [6.45, 7) is 4.23. The van der Waals surface area contributed by atoms with Gasteiger partial charge < -0.3 is 0 Å². The molecule has 0 amide bonds. The van der Waals surface area contributed by atoms with Crippen LogP contribution in [0.1, 0.15) is 31.2 Å². The van der Waals surface area contributed by atoms with Crippen LogP contribution in [0.2, 0.25) is 0 Å². The summed E-state index contributed by atoms with van der Waals surface area (Å²) in [7, 11) is 1.95. The van der Waals surface area contributed by atoms with E-state index >= 15 is 0 Å². The molecule has 108 valence electrons. The first kappa shape index (κ1) is 13.7. The molecule has 4 nitrogen and oxygen atoms in total. The molecular weight excluding hydrogens is 260 g/mol. The van der Waals surface area contributed by atoms with Crippen molar-refractivity contribution in [3.05, 3.63) is 41.7 Å². The van der Waals surface area contributed by atoms with Crippen LogP contribution in [0.15, 0.2) is 30.3 Å². The maximum Gasteiger partial charge on any atom is 0.162 e. The van der Waals surface area contributed by atoms with Crippen LogP contribution < -0.4 is 0 Å². The maximum atomic E-state index is 4.82. The minimum absolute atomic E-state index is 0.789. The Morgan fingerprint density at radius 3 is 2.57 bits per heavy atom. The Labute approximate surface area is 124 Å². The van der Waals surface area contributed by atoms with Gasteiger partial charge in [-0.25, -0.2) is 9.97 Å². The van der Waals surface area contributed by atoms with Crippen LogP contribution in [0, 0.1) is 6.92 Å². The summed E-state index contributed by atoms with van der Waals surface area (Å²) in [6.07, 6.45) is 3.27. The standard InChI is InChI=1S/C17H20N4/c1-4-5-11-14-15-12(2)20-21(3)17(15)19-16(18-14)13-9-7-6-8-10-13/h6-10H,4-5,11H2,1-3H3. The van der Waals surface area contributed by atoms with Crippen LogP contribution in [0.3, 0.4) is 0 Å². The lowest BCUT2D eigenvalue weighted by molar-refractivity contribution is 0.770. The van der Waals surface area contributed by atoms with Gasteiger partial charge in [0.15, 0.2) is 11.5 Å². The number of rotatable bonds is 4. The molecule has 21 heavy (non-hydrogen) atoms. The number of unbranched alkanes of at least 4 members (excludes halogenated alkanes) is 1. The third kappa shape index (κ3) is 2.53. The SMILES string of the molecule is CCCCc1nc(-c2ccccc2)nc2c1c(C)nn2C. The van der Waals surface area contributed by atoms with Gasteiger partial charge in [0.25, 0.3) is 0 Å². The summed E-state index contributed by atoms with van der Waals surface area (Å²) < 4.78 is 1.86. The van der Waals surface area contributed by atoms with Gasteiger partial charge in [0, 0.05) is 12.6 Å². The normalized spacial score (nSPS) is 11.2.